The lowest BCUT2D eigenvalue weighted by molar-refractivity contribution is -0.137. The Bertz CT molecular complexity index is 525. The Morgan fingerprint density at radius 3 is 2.39 bits per heavy atom. The van der Waals surface area contributed by atoms with Crippen LogP contribution in [0.5, 0.6) is 0 Å². The van der Waals surface area contributed by atoms with Gasteiger partial charge in [0.2, 0.25) is 5.91 Å². The van der Waals surface area contributed by atoms with Gasteiger partial charge in [0, 0.05) is 0 Å². The molecule has 1 saturated heterocycles. The number of amides is 1. The molecule has 1 amide bonds. The molecule has 0 bridgehead atoms. The number of carbonyl (C=O) groups excluding carboxylic acids is 1. The summed E-state index contributed by atoms with van der Waals surface area (Å²) in [4.78, 5) is 12.5. The number of rotatable bonds is 4. The van der Waals surface area contributed by atoms with Gasteiger partial charge in [-0.3, -0.25) is 4.79 Å². The van der Waals surface area contributed by atoms with Gasteiger partial charge < -0.3 is 10.6 Å². The topological polar surface area (TPSA) is 41.1 Å². The first-order valence-electron chi connectivity index (χ1n) is 7.51. The summed E-state index contributed by atoms with van der Waals surface area (Å²) < 4.78 is 37.7. The maximum atomic E-state index is 12.6. The lowest BCUT2D eigenvalue weighted by Crippen LogP contribution is -2.53. The predicted molar refractivity (Wildman–Crippen MR) is 85.5 cm³/mol. The Morgan fingerprint density at radius 2 is 1.96 bits per heavy atom. The van der Waals surface area contributed by atoms with Crippen LogP contribution in [0.15, 0.2) is 24.3 Å². The third kappa shape index (κ3) is 4.38. The summed E-state index contributed by atoms with van der Waals surface area (Å²) in [5, 5.41) is 6.15. The van der Waals surface area contributed by atoms with Crippen LogP contribution >= 0.6 is 12.4 Å². The summed E-state index contributed by atoms with van der Waals surface area (Å²) in [6.07, 6.45) is -1.91. The maximum Gasteiger partial charge on any atom is 0.416 e. The van der Waals surface area contributed by atoms with E-state index in [1.54, 1.807) is 6.92 Å². The van der Waals surface area contributed by atoms with E-state index in [-0.39, 0.29) is 24.4 Å². The van der Waals surface area contributed by atoms with Gasteiger partial charge >= 0.3 is 6.18 Å². The third-order valence-corrected chi connectivity index (χ3v) is 4.37. The third-order valence-electron chi connectivity index (χ3n) is 4.37. The molecule has 1 heterocycles. The van der Waals surface area contributed by atoms with E-state index in [1.807, 2.05) is 6.92 Å². The number of nitrogens with one attached hydrogen (secondary N) is 2. The number of carbonyl (C=O) groups is 1. The Morgan fingerprint density at radius 1 is 1.35 bits per heavy atom. The summed E-state index contributed by atoms with van der Waals surface area (Å²) in [5.41, 5.74) is -0.567. The molecule has 0 saturated carbocycles. The Kier molecular flexibility index (Phi) is 6.48. The first-order valence-corrected chi connectivity index (χ1v) is 7.51. The van der Waals surface area contributed by atoms with Crippen LogP contribution in [0.1, 0.15) is 50.3 Å². The van der Waals surface area contributed by atoms with Crippen molar-refractivity contribution in [2.75, 3.05) is 6.54 Å². The van der Waals surface area contributed by atoms with Crippen molar-refractivity contribution in [2.24, 2.45) is 0 Å². The average Bonchev–Trinajstić information content (AvgIpc) is 2.96. The SMILES string of the molecule is CCC1(C(=O)NC(C)c2ccc(C(F)(F)F)cc2)CCCN1.Cl. The summed E-state index contributed by atoms with van der Waals surface area (Å²) in [6, 6.07) is 4.58. The molecule has 0 aromatic heterocycles. The molecular weight excluding hydrogens is 329 g/mol. The minimum atomic E-state index is -4.34. The van der Waals surface area contributed by atoms with Gasteiger partial charge in [-0.1, -0.05) is 19.1 Å². The summed E-state index contributed by atoms with van der Waals surface area (Å²) in [7, 11) is 0. The van der Waals surface area contributed by atoms with E-state index < -0.39 is 17.3 Å². The van der Waals surface area contributed by atoms with Crippen molar-refractivity contribution in [3.05, 3.63) is 35.4 Å². The molecule has 1 aliphatic rings. The van der Waals surface area contributed by atoms with Crippen molar-refractivity contribution in [2.45, 2.75) is 50.9 Å². The smallest absolute Gasteiger partial charge is 0.348 e. The molecule has 2 N–H and O–H groups in total. The van der Waals surface area contributed by atoms with Crippen molar-refractivity contribution in [3.8, 4) is 0 Å². The van der Waals surface area contributed by atoms with Crippen LogP contribution in [0, 0.1) is 0 Å². The molecular formula is C16H22ClF3N2O. The first-order chi connectivity index (χ1) is 10.3. The van der Waals surface area contributed by atoms with E-state index in [4.69, 9.17) is 0 Å². The zero-order valence-electron chi connectivity index (χ0n) is 13.2. The molecule has 1 fully saturated rings. The first kappa shape index (κ1) is 19.8. The van der Waals surface area contributed by atoms with Gasteiger partial charge in [-0.15, -0.1) is 12.4 Å². The van der Waals surface area contributed by atoms with Crippen molar-refractivity contribution in [1.29, 1.82) is 0 Å². The number of alkyl halides is 3. The second-order valence-corrected chi connectivity index (χ2v) is 5.78. The highest BCUT2D eigenvalue weighted by atomic mass is 35.5. The van der Waals surface area contributed by atoms with Crippen LogP contribution in [0.2, 0.25) is 0 Å². The van der Waals surface area contributed by atoms with Crippen LogP contribution in [-0.2, 0) is 11.0 Å². The molecule has 7 heteroatoms. The van der Waals surface area contributed by atoms with Crippen LogP contribution in [0.25, 0.3) is 0 Å². The van der Waals surface area contributed by atoms with Gasteiger partial charge in [0.1, 0.15) is 0 Å². The zero-order valence-corrected chi connectivity index (χ0v) is 14.0. The monoisotopic (exact) mass is 350 g/mol. The van der Waals surface area contributed by atoms with Crippen molar-refractivity contribution in [1.82, 2.24) is 10.6 Å². The van der Waals surface area contributed by atoms with E-state index in [0.29, 0.717) is 12.0 Å². The normalized spacial score (nSPS) is 22.3. The molecule has 130 valence electrons. The fourth-order valence-electron chi connectivity index (χ4n) is 2.84. The lowest BCUT2D eigenvalue weighted by atomic mass is 9.92. The summed E-state index contributed by atoms with van der Waals surface area (Å²) in [6.45, 7) is 4.55. The van der Waals surface area contributed by atoms with Gasteiger partial charge in [-0.05, 0) is 50.4 Å². The average molecular weight is 351 g/mol. The standard InChI is InChI=1S/C16H21F3N2O.ClH/c1-3-15(9-4-10-20-15)14(22)21-11(2)12-5-7-13(8-6-12)16(17,18)19;/h5-8,11,20H,3-4,9-10H2,1-2H3,(H,21,22);1H. The van der Waals surface area contributed by atoms with Gasteiger partial charge in [0.05, 0.1) is 17.1 Å². The largest absolute Gasteiger partial charge is 0.416 e. The van der Waals surface area contributed by atoms with E-state index in [2.05, 4.69) is 10.6 Å². The molecule has 2 atom stereocenters. The van der Waals surface area contributed by atoms with Crippen LogP contribution in [-0.4, -0.2) is 18.0 Å². The lowest BCUT2D eigenvalue weighted by Gasteiger charge is -2.28. The van der Waals surface area contributed by atoms with Crippen molar-refractivity contribution < 1.29 is 18.0 Å². The molecule has 0 spiro atoms. The van der Waals surface area contributed by atoms with Gasteiger partial charge in [0.25, 0.3) is 0 Å². The van der Waals surface area contributed by atoms with Crippen LogP contribution < -0.4 is 10.6 Å². The quantitative estimate of drug-likeness (QED) is 0.866. The second kappa shape index (κ2) is 7.53. The van der Waals surface area contributed by atoms with E-state index in [1.165, 1.54) is 12.1 Å². The maximum absolute atomic E-state index is 12.6. The molecule has 23 heavy (non-hydrogen) atoms. The van der Waals surface area contributed by atoms with Gasteiger partial charge in [-0.25, -0.2) is 0 Å². The molecule has 0 aliphatic carbocycles. The Labute approximate surface area is 140 Å². The minimum Gasteiger partial charge on any atom is -0.348 e. The zero-order chi connectivity index (χ0) is 16.4. The number of hydrogen-bond acceptors (Lipinski definition) is 2. The van der Waals surface area contributed by atoms with Crippen LogP contribution in [0.4, 0.5) is 13.2 Å². The Hall–Kier alpha value is -1.27. The van der Waals surface area contributed by atoms with E-state index in [0.717, 1.165) is 31.5 Å². The van der Waals surface area contributed by atoms with Gasteiger partial charge in [-0.2, -0.15) is 13.2 Å². The highest BCUT2D eigenvalue weighted by Crippen LogP contribution is 2.30. The minimum absolute atomic E-state index is 0. The Balaban J connectivity index is 0.00000264. The highest BCUT2D eigenvalue weighted by Gasteiger charge is 2.39. The second-order valence-electron chi connectivity index (χ2n) is 5.78. The number of benzene rings is 1. The molecule has 1 aliphatic heterocycles. The fourth-order valence-corrected chi connectivity index (χ4v) is 2.84. The molecule has 1 aromatic carbocycles. The molecule has 2 rings (SSSR count). The van der Waals surface area contributed by atoms with Gasteiger partial charge in [0.15, 0.2) is 0 Å². The number of hydrogen-bond donors (Lipinski definition) is 2. The fraction of sp³-hybridized carbons (Fsp3) is 0.562. The molecule has 3 nitrogen and oxygen atoms in total. The molecule has 1 aromatic rings. The molecule has 2 unspecified atom stereocenters. The molecule has 0 radical (unpaired) electrons. The predicted octanol–water partition coefficient (Wildman–Crippen LogP) is 3.84. The summed E-state index contributed by atoms with van der Waals surface area (Å²) >= 11 is 0. The summed E-state index contributed by atoms with van der Waals surface area (Å²) in [5.74, 6) is -0.0834. The van der Waals surface area contributed by atoms with Crippen molar-refractivity contribution in [3.63, 3.8) is 0 Å². The van der Waals surface area contributed by atoms with E-state index in [9.17, 15) is 18.0 Å². The van der Waals surface area contributed by atoms with Crippen LogP contribution in [0.3, 0.4) is 0 Å². The van der Waals surface area contributed by atoms with Crippen molar-refractivity contribution >= 4 is 18.3 Å². The van der Waals surface area contributed by atoms with E-state index >= 15 is 0 Å². The highest BCUT2D eigenvalue weighted by molar-refractivity contribution is 5.87. The number of halogens is 4.